The first kappa shape index (κ1) is 14.9. The highest BCUT2D eigenvalue weighted by molar-refractivity contribution is 7.91. The summed E-state index contributed by atoms with van der Waals surface area (Å²) in [5.41, 5.74) is 0. The maximum absolute atomic E-state index is 11.2. The molecule has 0 spiro atoms. The van der Waals surface area contributed by atoms with Crippen molar-refractivity contribution in [1.82, 2.24) is 0 Å². The minimum Gasteiger partial charge on any atom is -0.229 e. The molecule has 15 heavy (non-hydrogen) atoms. The Morgan fingerprint density at radius 2 is 1.20 bits per heavy atom. The summed E-state index contributed by atoms with van der Waals surface area (Å²) in [6.07, 6.45) is 9.67. The van der Waals surface area contributed by atoms with Gasteiger partial charge in [-0.15, -0.1) is 0 Å². The van der Waals surface area contributed by atoms with Crippen molar-refractivity contribution < 1.29 is 8.42 Å². The molecule has 0 unspecified atom stereocenters. The SMILES string of the molecule is CCCCCCCCCCS(=O)(=O)CC. The standard InChI is InChI=1S/C12H26O2S/c1-3-5-6-7-8-9-10-11-12-15(13,14)4-2/h3-12H2,1-2H3. The highest BCUT2D eigenvalue weighted by Gasteiger charge is 2.05. The van der Waals surface area contributed by atoms with E-state index in [-0.39, 0.29) is 0 Å². The molecule has 0 bridgehead atoms. The highest BCUT2D eigenvalue weighted by atomic mass is 32.2. The molecular weight excluding hydrogens is 208 g/mol. The molecule has 0 N–H and O–H groups in total. The van der Waals surface area contributed by atoms with Crippen LogP contribution >= 0.6 is 0 Å². The van der Waals surface area contributed by atoms with Crippen LogP contribution in [-0.4, -0.2) is 19.9 Å². The van der Waals surface area contributed by atoms with E-state index in [4.69, 9.17) is 0 Å². The Labute approximate surface area is 95.4 Å². The molecule has 0 atom stereocenters. The van der Waals surface area contributed by atoms with Crippen LogP contribution in [0.3, 0.4) is 0 Å². The van der Waals surface area contributed by atoms with Crippen LogP contribution in [0.4, 0.5) is 0 Å². The van der Waals surface area contributed by atoms with Crippen molar-refractivity contribution in [2.75, 3.05) is 11.5 Å². The minimum absolute atomic E-state index is 0.295. The van der Waals surface area contributed by atoms with Gasteiger partial charge in [-0.25, -0.2) is 8.42 Å². The van der Waals surface area contributed by atoms with Gasteiger partial charge in [0.25, 0.3) is 0 Å². The number of rotatable bonds is 10. The van der Waals surface area contributed by atoms with Gasteiger partial charge >= 0.3 is 0 Å². The van der Waals surface area contributed by atoms with Crippen LogP contribution in [0.2, 0.25) is 0 Å². The van der Waals surface area contributed by atoms with Gasteiger partial charge in [0.15, 0.2) is 0 Å². The van der Waals surface area contributed by atoms with Gasteiger partial charge in [0.2, 0.25) is 0 Å². The van der Waals surface area contributed by atoms with Crippen molar-refractivity contribution in [1.29, 1.82) is 0 Å². The molecule has 0 amide bonds. The number of hydrogen-bond donors (Lipinski definition) is 0. The van der Waals surface area contributed by atoms with Crippen molar-refractivity contribution in [3.05, 3.63) is 0 Å². The van der Waals surface area contributed by atoms with E-state index < -0.39 is 9.84 Å². The second kappa shape index (κ2) is 9.20. The highest BCUT2D eigenvalue weighted by Crippen LogP contribution is 2.09. The lowest BCUT2D eigenvalue weighted by Crippen LogP contribution is -2.08. The van der Waals surface area contributed by atoms with Crippen LogP contribution in [0.5, 0.6) is 0 Å². The van der Waals surface area contributed by atoms with Crippen LogP contribution in [0, 0.1) is 0 Å². The first-order valence-electron chi connectivity index (χ1n) is 6.32. The Hall–Kier alpha value is -0.0500. The van der Waals surface area contributed by atoms with E-state index in [1.54, 1.807) is 6.92 Å². The van der Waals surface area contributed by atoms with Gasteiger partial charge in [-0.05, 0) is 6.42 Å². The molecule has 92 valence electrons. The van der Waals surface area contributed by atoms with Gasteiger partial charge < -0.3 is 0 Å². The fourth-order valence-electron chi connectivity index (χ4n) is 1.60. The summed E-state index contributed by atoms with van der Waals surface area (Å²) in [6.45, 7) is 3.94. The molecule has 0 aromatic rings. The average molecular weight is 234 g/mol. The molecule has 0 aromatic carbocycles. The van der Waals surface area contributed by atoms with E-state index in [2.05, 4.69) is 6.92 Å². The predicted molar refractivity (Wildman–Crippen MR) is 66.9 cm³/mol. The summed E-state index contributed by atoms with van der Waals surface area (Å²) < 4.78 is 22.3. The molecule has 0 radical (unpaired) electrons. The quantitative estimate of drug-likeness (QED) is 0.542. The number of sulfone groups is 1. The summed E-state index contributed by atoms with van der Waals surface area (Å²) in [6, 6.07) is 0. The van der Waals surface area contributed by atoms with E-state index in [0.29, 0.717) is 11.5 Å². The maximum Gasteiger partial charge on any atom is 0.150 e. The molecule has 0 saturated heterocycles. The van der Waals surface area contributed by atoms with Crippen LogP contribution in [-0.2, 0) is 9.84 Å². The van der Waals surface area contributed by atoms with Crippen molar-refractivity contribution in [2.45, 2.75) is 65.2 Å². The normalized spacial score (nSPS) is 11.9. The third-order valence-corrected chi connectivity index (χ3v) is 4.54. The van der Waals surface area contributed by atoms with Gasteiger partial charge in [-0.2, -0.15) is 0 Å². The number of hydrogen-bond acceptors (Lipinski definition) is 2. The van der Waals surface area contributed by atoms with Gasteiger partial charge in [-0.3, -0.25) is 0 Å². The van der Waals surface area contributed by atoms with Gasteiger partial charge in [0.1, 0.15) is 9.84 Å². The molecule has 0 aliphatic carbocycles. The van der Waals surface area contributed by atoms with Gasteiger partial charge in [0.05, 0.1) is 5.75 Å². The second-order valence-electron chi connectivity index (χ2n) is 4.21. The maximum atomic E-state index is 11.2. The lowest BCUT2D eigenvalue weighted by atomic mass is 10.1. The Morgan fingerprint density at radius 3 is 1.67 bits per heavy atom. The van der Waals surface area contributed by atoms with Crippen LogP contribution in [0.15, 0.2) is 0 Å². The predicted octanol–water partition coefficient (Wildman–Crippen LogP) is 3.56. The molecule has 0 aliphatic heterocycles. The van der Waals surface area contributed by atoms with Crippen LogP contribution < -0.4 is 0 Å². The Bertz CT molecular complexity index is 220. The third kappa shape index (κ3) is 10.2. The first-order valence-corrected chi connectivity index (χ1v) is 8.15. The lowest BCUT2D eigenvalue weighted by Gasteiger charge is -2.02. The van der Waals surface area contributed by atoms with Gasteiger partial charge in [-0.1, -0.05) is 58.8 Å². The summed E-state index contributed by atoms with van der Waals surface area (Å²) in [5.74, 6) is 0.682. The van der Waals surface area contributed by atoms with E-state index in [1.807, 2.05) is 0 Å². The van der Waals surface area contributed by atoms with Crippen LogP contribution in [0.1, 0.15) is 65.2 Å². The monoisotopic (exact) mass is 234 g/mol. The lowest BCUT2D eigenvalue weighted by molar-refractivity contribution is 0.573. The van der Waals surface area contributed by atoms with Crippen molar-refractivity contribution in [3.63, 3.8) is 0 Å². The molecular formula is C12H26O2S. The molecule has 0 aliphatic rings. The van der Waals surface area contributed by atoms with Crippen molar-refractivity contribution in [2.24, 2.45) is 0 Å². The average Bonchev–Trinajstić information content (AvgIpc) is 2.22. The summed E-state index contributed by atoms with van der Waals surface area (Å²) in [7, 11) is -2.72. The molecule has 0 saturated carbocycles. The van der Waals surface area contributed by atoms with E-state index in [0.717, 1.165) is 12.8 Å². The van der Waals surface area contributed by atoms with Crippen molar-refractivity contribution in [3.8, 4) is 0 Å². The second-order valence-corrected chi connectivity index (χ2v) is 6.68. The fourth-order valence-corrected chi connectivity index (χ4v) is 2.53. The zero-order valence-corrected chi connectivity index (χ0v) is 11.1. The summed E-state index contributed by atoms with van der Waals surface area (Å²) in [4.78, 5) is 0. The Balaban J connectivity index is 3.19. The number of unbranched alkanes of at least 4 members (excludes halogenated alkanes) is 7. The largest absolute Gasteiger partial charge is 0.229 e. The molecule has 0 rings (SSSR count). The van der Waals surface area contributed by atoms with Crippen molar-refractivity contribution >= 4 is 9.84 Å². The van der Waals surface area contributed by atoms with E-state index in [1.165, 1.54) is 38.5 Å². The molecule has 2 nitrogen and oxygen atoms in total. The topological polar surface area (TPSA) is 34.1 Å². The fraction of sp³-hybridized carbons (Fsp3) is 1.00. The minimum atomic E-state index is -2.72. The zero-order chi connectivity index (χ0) is 11.6. The first-order chi connectivity index (χ1) is 7.12. The van der Waals surface area contributed by atoms with E-state index >= 15 is 0 Å². The zero-order valence-electron chi connectivity index (χ0n) is 10.3. The molecule has 3 heteroatoms. The molecule has 0 aromatic heterocycles. The Morgan fingerprint density at radius 1 is 0.733 bits per heavy atom. The molecule has 0 fully saturated rings. The van der Waals surface area contributed by atoms with Crippen LogP contribution in [0.25, 0.3) is 0 Å². The summed E-state index contributed by atoms with van der Waals surface area (Å²) >= 11 is 0. The molecule has 0 heterocycles. The Kier molecular flexibility index (Phi) is 9.17. The summed E-state index contributed by atoms with van der Waals surface area (Å²) in [5, 5.41) is 0. The van der Waals surface area contributed by atoms with Gasteiger partial charge in [0, 0.05) is 5.75 Å². The van der Waals surface area contributed by atoms with E-state index in [9.17, 15) is 8.42 Å². The smallest absolute Gasteiger partial charge is 0.150 e. The third-order valence-electron chi connectivity index (χ3n) is 2.75.